The molecular weight excluding hydrogens is 415 g/mol. The summed E-state index contributed by atoms with van der Waals surface area (Å²) >= 11 is 0. The van der Waals surface area contributed by atoms with E-state index in [1.807, 2.05) is 25.0 Å². The van der Waals surface area contributed by atoms with E-state index in [0.29, 0.717) is 0 Å². The van der Waals surface area contributed by atoms with E-state index in [1.165, 1.54) is 38.0 Å². The molecule has 1 aliphatic rings. The minimum Gasteiger partial charge on any atom is -0.356 e. The van der Waals surface area contributed by atoms with Crippen molar-refractivity contribution in [3.05, 3.63) is 18.0 Å². The van der Waals surface area contributed by atoms with Crippen molar-refractivity contribution < 1.29 is 0 Å². The molecule has 2 N–H and O–H groups in total. The predicted octanol–water partition coefficient (Wildman–Crippen LogP) is 1.87. The molecule has 0 amide bonds. The standard InChI is InChI=1S/C17H32N6.HI/c1-15-6-11-23(12-7-15)10-4-8-19-17(18-2)20-9-5-16-13-21-22(3)14-16;/h13-15H,4-12H2,1-3H3,(H2,18,19,20);1H. The van der Waals surface area contributed by atoms with Crippen molar-refractivity contribution in [2.45, 2.75) is 32.6 Å². The summed E-state index contributed by atoms with van der Waals surface area (Å²) in [5.41, 5.74) is 1.25. The molecule has 0 atom stereocenters. The molecule has 1 aromatic rings. The van der Waals surface area contributed by atoms with Gasteiger partial charge in [-0.15, -0.1) is 24.0 Å². The summed E-state index contributed by atoms with van der Waals surface area (Å²) in [5.74, 6) is 1.80. The van der Waals surface area contributed by atoms with E-state index in [0.717, 1.165) is 37.8 Å². The first-order valence-electron chi connectivity index (χ1n) is 8.81. The van der Waals surface area contributed by atoms with Gasteiger partial charge in [-0.3, -0.25) is 9.67 Å². The minimum absolute atomic E-state index is 0. The average molecular weight is 448 g/mol. The Morgan fingerprint density at radius 1 is 1.29 bits per heavy atom. The number of guanidine groups is 1. The number of nitrogens with zero attached hydrogens (tertiary/aromatic N) is 4. The fraction of sp³-hybridized carbons (Fsp3) is 0.765. The van der Waals surface area contributed by atoms with Crippen LogP contribution in [0.5, 0.6) is 0 Å². The Hall–Kier alpha value is -0.830. The summed E-state index contributed by atoms with van der Waals surface area (Å²) in [5, 5.41) is 10.9. The molecule has 6 nitrogen and oxygen atoms in total. The third-order valence-electron chi connectivity index (χ3n) is 4.51. The highest BCUT2D eigenvalue weighted by Gasteiger charge is 2.14. The van der Waals surface area contributed by atoms with Gasteiger partial charge in [-0.05, 0) is 56.8 Å². The first-order chi connectivity index (χ1) is 11.2. The SMILES string of the molecule is CN=C(NCCCN1CCC(C)CC1)NCCc1cnn(C)c1.I. The number of aryl methyl sites for hydroxylation is 1. The summed E-state index contributed by atoms with van der Waals surface area (Å²) < 4.78 is 1.84. The largest absolute Gasteiger partial charge is 0.356 e. The number of hydrogen-bond acceptors (Lipinski definition) is 3. The Bertz CT molecular complexity index is 479. The monoisotopic (exact) mass is 448 g/mol. The molecule has 0 aliphatic carbocycles. The van der Waals surface area contributed by atoms with E-state index in [4.69, 9.17) is 0 Å². The van der Waals surface area contributed by atoms with Crippen molar-refractivity contribution in [1.82, 2.24) is 25.3 Å². The highest BCUT2D eigenvalue weighted by molar-refractivity contribution is 14.0. The number of likely N-dealkylation sites (tertiary alicyclic amines) is 1. The van der Waals surface area contributed by atoms with Gasteiger partial charge in [0, 0.05) is 33.4 Å². The second-order valence-corrected chi connectivity index (χ2v) is 6.58. The van der Waals surface area contributed by atoms with Gasteiger partial charge in [0.15, 0.2) is 5.96 Å². The first kappa shape index (κ1) is 21.2. The molecule has 138 valence electrons. The van der Waals surface area contributed by atoms with Crippen LogP contribution in [0.25, 0.3) is 0 Å². The molecule has 2 heterocycles. The van der Waals surface area contributed by atoms with E-state index < -0.39 is 0 Å². The third kappa shape index (κ3) is 7.83. The number of aliphatic imine (C=N–C) groups is 1. The molecule has 0 bridgehead atoms. The molecule has 1 fully saturated rings. The maximum absolute atomic E-state index is 4.28. The molecule has 0 saturated carbocycles. The van der Waals surface area contributed by atoms with Crippen molar-refractivity contribution in [2.24, 2.45) is 18.0 Å². The van der Waals surface area contributed by atoms with Crippen LogP contribution in [0.3, 0.4) is 0 Å². The second-order valence-electron chi connectivity index (χ2n) is 6.58. The van der Waals surface area contributed by atoms with E-state index in [9.17, 15) is 0 Å². The van der Waals surface area contributed by atoms with Crippen LogP contribution in [0.1, 0.15) is 31.7 Å². The predicted molar refractivity (Wildman–Crippen MR) is 111 cm³/mol. The van der Waals surface area contributed by atoms with Gasteiger partial charge in [0.1, 0.15) is 0 Å². The quantitative estimate of drug-likeness (QED) is 0.290. The van der Waals surface area contributed by atoms with Crippen LogP contribution in [0.2, 0.25) is 0 Å². The maximum Gasteiger partial charge on any atom is 0.190 e. The molecule has 2 rings (SSSR count). The van der Waals surface area contributed by atoms with Gasteiger partial charge in [0.2, 0.25) is 0 Å². The van der Waals surface area contributed by atoms with Gasteiger partial charge >= 0.3 is 0 Å². The summed E-state index contributed by atoms with van der Waals surface area (Å²) in [4.78, 5) is 6.86. The van der Waals surface area contributed by atoms with Crippen LogP contribution in [0.15, 0.2) is 17.4 Å². The van der Waals surface area contributed by atoms with Gasteiger partial charge in [-0.1, -0.05) is 6.92 Å². The molecule has 0 radical (unpaired) electrons. The number of rotatable bonds is 7. The van der Waals surface area contributed by atoms with Crippen LogP contribution in [-0.2, 0) is 13.5 Å². The number of hydrogen-bond donors (Lipinski definition) is 2. The van der Waals surface area contributed by atoms with Crippen molar-refractivity contribution in [3.63, 3.8) is 0 Å². The Labute approximate surface area is 163 Å². The topological polar surface area (TPSA) is 57.5 Å². The Kier molecular flexibility index (Phi) is 10.3. The zero-order valence-corrected chi connectivity index (χ0v) is 17.6. The van der Waals surface area contributed by atoms with Crippen molar-refractivity contribution >= 4 is 29.9 Å². The molecule has 0 aromatic carbocycles. The highest BCUT2D eigenvalue weighted by Crippen LogP contribution is 2.15. The van der Waals surface area contributed by atoms with Gasteiger partial charge in [0.25, 0.3) is 0 Å². The summed E-state index contributed by atoms with van der Waals surface area (Å²) in [6.45, 7) is 7.92. The van der Waals surface area contributed by atoms with Gasteiger partial charge in [-0.25, -0.2) is 0 Å². The lowest BCUT2D eigenvalue weighted by Crippen LogP contribution is -2.40. The molecule has 0 spiro atoms. The average Bonchev–Trinajstić information content (AvgIpc) is 2.97. The highest BCUT2D eigenvalue weighted by atomic mass is 127. The molecule has 1 aromatic heterocycles. The molecule has 1 aliphatic heterocycles. The summed E-state index contributed by atoms with van der Waals surface area (Å²) in [7, 11) is 3.77. The van der Waals surface area contributed by atoms with E-state index >= 15 is 0 Å². The summed E-state index contributed by atoms with van der Waals surface area (Å²) in [6, 6.07) is 0. The molecule has 7 heteroatoms. The molecular formula is C17H33IN6. The molecule has 1 saturated heterocycles. The Morgan fingerprint density at radius 3 is 2.62 bits per heavy atom. The van der Waals surface area contributed by atoms with Crippen LogP contribution < -0.4 is 10.6 Å². The Balaban J connectivity index is 0.00000288. The van der Waals surface area contributed by atoms with Crippen LogP contribution in [-0.4, -0.2) is 60.4 Å². The van der Waals surface area contributed by atoms with Gasteiger partial charge < -0.3 is 15.5 Å². The lowest BCUT2D eigenvalue weighted by atomic mass is 9.99. The lowest BCUT2D eigenvalue weighted by molar-refractivity contribution is 0.191. The molecule has 0 unspecified atom stereocenters. The fourth-order valence-corrected chi connectivity index (χ4v) is 2.94. The Morgan fingerprint density at radius 2 is 2.00 bits per heavy atom. The number of nitrogens with one attached hydrogen (secondary N) is 2. The summed E-state index contributed by atoms with van der Waals surface area (Å²) in [6.07, 6.45) is 8.79. The number of piperidine rings is 1. The van der Waals surface area contributed by atoms with Gasteiger partial charge in [0.05, 0.1) is 6.20 Å². The number of halogens is 1. The fourth-order valence-electron chi connectivity index (χ4n) is 2.94. The maximum atomic E-state index is 4.28. The van der Waals surface area contributed by atoms with Crippen LogP contribution >= 0.6 is 24.0 Å². The van der Waals surface area contributed by atoms with E-state index in [-0.39, 0.29) is 24.0 Å². The van der Waals surface area contributed by atoms with Crippen molar-refractivity contribution in [3.8, 4) is 0 Å². The minimum atomic E-state index is 0. The normalized spacial score (nSPS) is 16.7. The zero-order chi connectivity index (χ0) is 16.5. The molecule has 24 heavy (non-hydrogen) atoms. The van der Waals surface area contributed by atoms with Crippen LogP contribution in [0.4, 0.5) is 0 Å². The third-order valence-corrected chi connectivity index (χ3v) is 4.51. The van der Waals surface area contributed by atoms with Gasteiger partial charge in [-0.2, -0.15) is 5.10 Å². The number of aromatic nitrogens is 2. The van der Waals surface area contributed by atoms with Crippen molar-refractivity contribution in [2.75, 3.05) is 39.8 Å². The smallest absolute Gasteiger partial charge is 0.190 e. The van der Waals surface area contributed by atoms with E-state index in [1.54, 1.807) is 0 Å². The van der Waals surface area contributed by atoms with Crippen LogP contribution in [0, 0.1) is 5.92 Å². The second kappa shape index (κ2) is 11.7. The zero-order valence-electron chi connectivity index (χ0n) is 15.3. The van der Waals surface area contributed by atoms with Crippen molar-refractivity contribution in [1.29, 1.82) is 0 Å². The first-order valence-corrected chi connectivity index (χ1v) is 8.81. The lowest BCUT2D eigenvalue weighted by Gasteiger charge is -2.30. The van der Waals surface area contributed by atoms with E-state index in [2.05, 4.69) is 38.7 Å².